The Morgan fingerprint density at radius 3 is 1.63 bits per heavy atom. The fourth-order valence-electron chi connectivity index (χ4n) is 9.73. The molecule has 1 aliphatic carbocycles. The van der Waals surface area contributed by atoms with Crippen LogP contribution < -0.4 is 4.90 Å². The van der Waals surface area contributed by atoms with Crippen molar-refractivity contribution in [3.63, 3.8) is 0 Å². The number of hydrogen-bond acceptors (Lipinski definition) is 2. The molecule has 0 atom stereocenters. The maximum Gasteiger partial charge on any atom is 0.160 e. The van der Waals surface area contributed by atoms with E-state index >= 15 is 0 Å². The normalized spacial score (nSPS) is 12.1. The zero-order valence-corrected chi connectivity index (χ0v) is 31.9. The molecule has 0 saturated carbocycles. The lowest BCUT2D eigenvalue weighted by atomic mass is 9.78. The molecule has 0 radical (unpaired) electrons. The van der Waals surface area contributed by atoms with Crippen LogP contribution in [0.5, 0.6) is 0 Å². The number of nitrogens with zero attached hydrogens (tertiary/aromatic N) is 2. The van der Waals surface area contributed by atoms with Crippen LogP contribution in [-0.4, -0.2) is 4.57 Å². The van der Waals surface area contributed by atoms with Crippen molar-refractivity contribution >= 4 is 82.4 Å². The number of aromatic nitrogens is 1. The maximum absolute atomic E-state index is 6.81. The van der Waals surface area contributed by atoms with E-state index in [1.165, 1.54) is 76.9 Å². The third kappa shape index (κ3) is 4.76. The Morgan fingerprint density at radius 2 is 0.932 bits per heavy atom. The molecule has 3 heteroatoms. The second-order valence-corrected chi connectivity index (χ2v) is 15.7. The lowest BCUT2D eigenvalue weighted by Gasteiger charge is -2.28. The first-order valence-corrected chi connectivity index (χ1v) is 20.2. The highest BCUT2D eigenvalue weighted by atomic mass is 16.3. The highest BCUT2D eigenvalue weighted by Gasteiger charge is 2.26. The van der Waals surface area contributed by atoms with Gasteiger partial charge in [0, 0.05) is 38.6 Å². The highest BCUT2D eigenvalue weighted by molar-refractivity contribution is 6.17. The predicted octanol–water partition coefficient (Wildman–Crippen LogP) is 15.8. The standard InChI is InChI=1S/C56H34N2O/c1-3-13-35(14-4-1)43-27-28-53(56-55(43)46-19-9-12-22-54(46)59-56)57(40-15-5-2-6-16-40)41-25-23-36-31-47-48-32-37-24-26-42(30-39(37)34-50(48)49(47)33-38(36)29-41)58-51-20-10-7-17-44(51)45-18-8-11-21-52(45)58/h1-34H. The summed E-state index contributed by atoms with van der Waals surface area (Å²) in [4.78, 5) is 2.34. The molecular weight excluding hydrogens is 717 g/mol. The topological polar surface area (TPSA) is 21.3 Å². The van der Waals surface area contributed by atoms with Crippen molar-refractivity contribution in [3.05, 3.63) is 206 Å². The van der Waals surface area contributed by atoms with Crippen molar-refractivity contribution in [2.24, 2.45) is 0 Å². The molecule has 10 aromatic carbocycles. The molecule has 0 saturated heterocycles. The van der Waals surface area contributed by atoms with Crippen molar-refractivity contribution in [3.8, 4) is 39.1 Å². The summed E-state index contributed by atoms with van der Waals surface area (Å²) in [5, 5.41) is 9.71. The molecule has 0 fully saturated rings. The summed E-state index contributed by atoms with van der Waals surface area (Å²) in [6.45, 7) is 0. The Morgan fingerprint density at radius 1 is 0.373 bits per heavy atom. The van der Waals surface area contributed by atoms with Crippen molar-refractivity contribution in [1.82, 2.24) is 4.57 Å². The number of fused-ring (bicyclic) bond motifs is 12. The first-order chi connectivity index (χ1) is 29.2. The van der Waals surface area contributed by atoms with Gasteiger partial charge in [0.2, 0.25) is 0 Å². The maximum atomic E-state index is 6.81. The van der Waals surface area contributed by atoms with Gasteiger partial charge in [0.1, 0.15) is 5.58 Å². The highest BCUT2D eigenvalue weighted by Crippen LogP contribution is 2.52. The molecule has 13 rings (SSSR count). The second kappa shape index (κ2) is 12.3. The first-order valence-electron chi connectivity index (χ1n) is 20.2. The van der Waals surface area contributed by atoms with Gasteiger partial charge in [-0.25, -0.2) is 0 Å². The van der Waals surface area contributed by atoms with E-state index in [0.717, 1.165) is 44.6 Å². The number of anilines is 3. The van der Waals surface area contributed by atoms with E-state index in [1.54, 1.807) is 0 Å². The van der Waals surface area contributed by atoms with Crippen LogP contribution in [0.1, 0.15) is 0 Å². The van der Waals surface area contributed by atoms with Gasteiger partial charge in [-0.1, -0.05) is 121 Å². The Bertz CT molecular complexity index is 3620. The largest absolute Gasteiger partial charge is 0.454 e. The summed E-state index contributed by atoms with van der Waals surface area (Å²) in [7, 11) is 0. The van der Waals surface area contributed by atoms with Crippen molar-refractivity contribution in [2.75, 3.05) is 4.90 Å². The molecule has 2 aromatic heterocycles. The van der Waals surface area contributed by atoms with E-state index in [-0.39, 0.29) is 0 Å². The fraction of sp³-hybridized carbons (Fsp3) is 0. The molecule has 1 aliphatic rings. The van der Waals surface area contributed by atoms with Crippen LogP contribution in [0.2, 0.25) is 0 Å². The lowest BCUT2D eigenvalue weighted by Crippen LogP contribution is -2.10. The second-order valence-electron chi connectivity index (χ2n) is 15.7. The molecule has 59 heavy (non-hydrogen) atoms. The molecule has 3 nitrogen and oxygen atoms in total. The third-order valence-electron chi connectivity index (χ3n) is 12.4. The summed E-state index contributed by atoms with van der Waals surface area (Å²) in [5.41, 5.74) is 16.1. The third-order valence-corrected chi connectivity index (χ3v) is 12.4. The van der Waals surface area contributed by atoms with Gasteiger partial charge in [-0.2, -0.15) is 0 Å². The molecule has 0 bridgehead atoms. The van der Waals surface area contributed by atoms with Crippen molar-refractivity contribution in [1.29, 1.82) is 0 Å². The van der Waals surface area contributed by atoms with Gasteiger partial charge in [-0.05, 0) is 140 Å². The van der Waals surface area contributed by atoms with Crippen molar-refractivity contribution < 1.29 is 4.42 Å². The van der Waals surface area contributed by atoms with E-state index in [0.29, 0.717) is 0 Å². The van der Waals surface area contributed by atoms with Gasteiger partial charge in [-0.15, -0.1) is 0 Å². The molecule has 0 spiro atoms. The van der Waals surface area contributed by atoms with Gasteiger partial charge in [0.25, 0.3) is 0 Å². The molecule has 0 N–H and O–H groups in total. The number of hydrogen-bond donors (Lipinski definition) is 0. The minimum Gasteiger partial charge on any atom is -0.454 e. The van der Waals surface area contributed by atoms with Crippen molar-refractivity contribution in [2.45, 2.75) is 0 Å². The van der Waals surface area contributed by atoms with E-state index in [2.05, 4.69) is 210 Å². The fourth-order valence-corrected chi connectivity index (χ4v) is 9.73. The SMILES string of the molecule is c1ccc(-c2ccc(N(c3ccccc3)c3ccc4cc5c(cc4c3)-c3cc4cc(-n6c7ccccc7c7ccccc76)ccc4cc3-5)c3oc4ccccc4c23)cc1. The van der Waals surface area contributed by atoms with Crippen LogP contribution in [0, 0.1) is 0 Å². The Balaban J connectivity index is 0.952. The monoisotopic (exact) mass is 750 g/mol. The van der Waals surface area contributed by atoms with Crippen LogP contribution >= 0.6 is 0 Å². The van der Waals surface area contributed by atoms with Gasteiger partial charge >= 0.3 is 0 Å². The van der Waals surface area contributed by atoms with Crippen LogP contribution in [0.25, 0.3) is 104 Å². The average Bonchev–Trinajstić information content (AvgIpc) is 3.85. The van der Waals surface area contributed by atoms with Gasteiger partial charge in [0.05, 0.1) is 16.7 Å². The summed E-state index contributed by atoms with van der Waals surface area (Å²) in [6.07, 6.45) is 0. The number of para-hydroxylation sites is 4. The Hall–Kier alpha value is -7.88. The summed E-state index contributed by atoms with van der Waals surface area (Å²) >= 11 is 0. The van der Waals surface area contributed by atoms with Gasteiger partial charge < -0.3 is 13.9 Å². The van der Waals surface area contributed by atoms with Crippen LogP contribution in [0.15, 0.2) is 211 Å². The zero-order valence-electron chi connectivity index (χ0n) is 31.9. The smallest absolute Gasteiger partial charge is 0.160 e. The molecule has 0 amide bonds. The predicted molar refractivity (Wildman–Crippen MR) is 248 cm³/mol. The summed E-state index contributed by atoms with van der Waals surface area (Å²) in [5.74, 6) is 0. The molecule has 12 aromatic rings. The number of rotatable bonds is 5. The van der Waals surface area contributed by atoms with E-state index in [1.807, 2.05) is 6.07 Å². The Kier molecular flexibility index (Phi) is 6.72. The van der Waals surface area contributed by atoms with Crippen LogP contribution in [-0.2, 0) is 0 Å². The number of benzene rings is 10. The average molecular weight is 751 g/mol. The molecule has 2 heterocycles. The molecule has 274 valence electrons. The quantitative estimate of drug-likeness (QED) is 0.175. The van der Waals surface area contributed by atoms with Crippen LogP contribution in [0.4, 0.5) is 17.1 Å². The zero-order chi connectivity index (χ0) is 38.6. The van der Waals surface area contributed by atoms with Gasteiger partial charge in [0.15, 0.2) is 5.58 Å². The molecule has 0 aliphatic heterocycles. The van der Waals surface area contributed by atoms with E-state index < -0.39 is 0 Å². The van der Waals surface area contributed by atoms with E-state index in [4.69, 9.17) is 4.42 Å². The molecular formula is C56H34N2O. The summed E-state index contributed by atoms with van der Waals surface area (Å²) < 4.78 is 9.21. The van der Waals surface area contributed by atoms with E-state index in [9.17, 15) is 0 Å². The van der Waals surface area contributed by atoms with Gasteiger partial charge in [-0.3, -0.25) is 0 Å². The van der Waals surface area contributed by atoms with Crippen LogP contribution in [0.3, 0.4) is 0 Å². The summed E-state index contributed by atoms with van der Waals surface area (Å²) in [6, 6.07) is 74.8. The minimum atomic E-state index is 0.870. The Labute approximate surface area is 340 Å². The first kappa shape index (κ1) is 32.2. The molecule has 0 unspecified atom stereocenters. The number of furan rings is 1. The lowest BCUT2D eigenvalue weighted by molar-refractivity contribution is 0.669. The minimum absolute atomic E-state index is 0.870.